The summed E-state index contributed by atoms with van der Waals surface area (Å²) in [6.07, 6.45) is 4.80. The van der Waals surface area contributed by atoms with Crippen molar-refractivity contribution in [1.29, 1.82) is 0 Å². The molecule has 0 aromatic heterocycles. The maximum atomic E-state index is 12.3. The van der Waals surface area contributed by atoms with Crippen LogP contribution in [-0.2, 0) is 14.4 Å². The number of nitro groups is 1. The molecule has 130 valence electrons. The molecule has 1 aromatic rings. The van der Waals surface area contributed by atoms with Crippen molar-refractivity contribution in [2.45, 2.75) is 19.3 Å². The minimum Gasteiger partial charge on any atom is -0.320 e. The van der Waals surface area contributed by atoms with Crippen molar-refractivity contribution in [1.82, 2.24) is 4.90 Å². The number of carbonyl (C=O) groups excluding carboxylic acids is 3. The molecule has 1 aliphatic heterocycles. The number of rotatable bonds is 5. The highest BCUT2D eigenvalue weighted by Crippen LogP contribution is 2.35. The molecule has 0 unspecified atom stereocenters. The van der Waals surface area contributed by atoms with Gasteiger partial charge in [-0.2, -0.15) is 0 Å². The molecule has 1 N–H and O–H groups in total. The predicted octanol–water partition coefficient (Wildman–Crippen LogP) is 1.87. The van der Waals surface area contributed by atoms with E-state index in [-0.39, 0.29) is 48.0 Å². The first-order valence-electron chi connectivity index (χ1n) is 8.02. The van der Waals surface area contributed by atoms with E-state index in [1.807, 2.05) is 12.2 Å². The number of nitrogens with one attached hydrogen (secondary N) is 1. The Morgan fingerprint density at radius 1 is 1.16 bits per heavy atom. The van der Waals surface area contributed by atoms with Crippen LogP contribution in [-0.4, -0.2) is 34.1 Å². The Kier molecular flexibility index (Phi) is 4.60. The number of anilines is 1. The number of nitro benzene ring substituents is 1. The number of carbonyl (C=O) groups is 3. The average molecular weight is 343 g/mol. The highest BCUT2D eigenvalue weighted by Gasteiger charge is 2.46. The van der Waals surface area contributed by atoms with E-state index in [1.165, 1.54) is 18.2 Å². The minimum absolute atomic E-state index is 0.0167. The summed E-state index contributed by atoms with van der Waals surface area (Å²) >= 11 is 0. The van der Waals surface area contributed by atoms with Gasteiger partial charge in [-0.05, 0) is 18.9 Å². The maximum Gasteiger partial charge on any atom is 0.292 e. The van der Waals surface area contributed by atoms with Gasteiger partial charge in [-0.1, -0.05) is 24.3 Å². The van der Waals surface area contributed by atoms with Crippen LogP contribution in [0.3, 0.4) is 0 Å². The van der Waals surface area contributed by atoms with Gasteiger partial charge in [-0.25, -0.2) is 0 Å². The van der Waals surface area contributed by atoms with Gasteiger partial charge < -0.3 is 5.32 Å². The molecule has 1 aliphatic carbocycles. The summed E-state index contributed by atoms with van der Waals surface area (Å²) in [6, 6.07) is 5.81. The lowest BCUT2D eigenvalue weighted by Gasteiger charge is -2.14. The third-order valence-electron chi connectivity index (χ3n) is 4.54. The largest absolute Gasteiger partial charge is 0.320 e. The first kappa shape index (κ1) is 16.8. The van der Waals surface area contributed by atoms with Crippen molar-refractivity contribution < 1.29 is 19.3 Å². The van der Waals surface area contributed by atoms with Crippen molar-refractivity contribution >= 4 is 29.1 Å². The Balaban J connectivity index is 1.61. The van der Waals surface area contributed by atoms with Gasteiger partial charge in [0.1, 0.15) is 5.69 Å². The van der Waals surface area contributed by atoms with Gasteiger partial charge >= 0.3 is 0 Å². The average Bonchev–Trinajstić information content (AvgIpc) is 2.85. The van der Waals surface area contributed by atoms with Gasteiger partial charge in [-0.15, -0.1) is 0 Å². The minimum atomic E-state index is -0.583. The second-order valence-corrected chi connectivity index (χ2v) is 6.06. The molecule has 0 radical (unpaired) electrons. The van der Waals surface area contributed by atoms with E-state index in [4.69, 9.17) is 0 Å². The zero-order chi connectivity index (χ0) is 18.0. The Morgan fingerprint density at radius 2 is 1.76 bits per heavy atom. The Bertz CT molecular complexity index is 747. The van der Waals surface area contributed by atoms with E-state index >= 15 is 0 Å². The van der Waals surface area contributed by atoms with E-state index in [1.54, 1.807) is 6.07 Å². The number of amides is 3. The van der Waals surface area contributed by atoms with E-state index in [9.17, 15) is 24.5 Å². The number of benzene rings is 1. The molecule has 1 saturated heterocycles. The molecule has 1 aromatic carbocycles. The lowest BCUT2D eigenvalue weighted by Crippen LogP contribution is -2.34. The SMILES string of the molecule is O=C(CCN1C(=O)[C@@H]2CC=CC[C@H]2C1=O)Nc1ccccc1[N+](=O)[O-]. The fourth-order valence-electron chi connectivity index (χ4n) is 3.25. The number of likely N-dealkylation sites (tertiary alicyclic amines) is 1. The molecule has 1 heterocycles. The van der Waals surface area contributed by atoms with Crippen LogP contribution in [0.4, 0.5) is 11.4 Å². The van der Waals surface area contributed by atoms with Gasteiger partial charge in [0.2, 0.25) is 17.7 Å². The topological polar surface area (TPSA) is 110 Å². The first-order chi connectivity index (χ1) is 12.0. The summed E-state index contributed by atoms with van der Waals surface area (Å²) in [6.45, 7) is -0.0167. The fourth-order valence-corrected chi connectivity index (χ4v) is 3.25. The molecule has 0 bridgehead atoms. The molecule has 0 spiro atoms. The Labute approximate surface area is 143 Å². The number of fused-ring (bicyclic) bond motifs is 1. The Morgan fingerprint density at radius 3 is 2.36 bits per heavy atom. The molecule has 3 amide bonds. The summed E-state index contributed by atoms with van der Waals surface area (Å²) in [4.78, 5) is 48.2. The van der Waals surface area contributed by atoms with E-state index < -0.39 is 10.8 Å². The number of hydrogen-bond acceptors (Lipinski definition) is 5. The van der Waals surface area contributed by atoms with Gasteiger partial charge in [0.25, 0.3) is 5.69 Å². The van der Waals surface area contributed by atoms with E-state index in [2.05, 4.69) is 5.32 Å². The van der Waals surface area contributed by atoms with Crippen LogP contribution in [0.1, 0.15) is 19.3 Å². The smallest absolute Gasteiger partial charge is 0.292 e. The van der Waals surface area contributed by atoms with Crippen molar-refractivity contribution in [2.24, 2.45) is 11.8 Å². The molecule has 3 rings (SSSR count). The quantitative estimate of drug-likeness (QED) is 0.380. The lowest BCUT2D eigenvalue weighted by atomic mass is 9.85. The Hall–Kier alpha value is -3.03. The molecule has 8 nitrogen and oxygen atoms in total. The zero-order valence-corrected chi connectivity index (χ0v) is 13.4. The number of imide groups is 1. The van der Waals surface area contributed by atoms with Crippen molar-refractivity contribution in [3.63, 3.8) is 0 Å². The van der Waals surface area contributed by atoms with Gasteiger partial charge in [0, 0.05) is 19.0 Å². The van der Waals surface area contributed by atoms with Gasteiger partial charge in [-0.3, -0.25) is 29.4 Å². The number of para-hydroxylation sites is 2. The highest BCUT2D eigenvalue weighted by molar-refractivity contribution is 6.06. The third kappa shape index (κ3) is 3.28. The van der Waals surface area contributed by atoms with Crippen LogP contribution in [0.2, 0.25) is 0 Å². The normalized spacial score (nSPS) is 22.0. The van der Waals surface area contributed by atoms with Crippen molar-refractivity contribution in [2.75, 3.05) is 11.9 Å². The number of hydrogen-bond donors (Lipinski definition) is 1. The van der Waals surface area contributed by atoms with Gasteiger partial charge in [0.15, 0.2) is 0 Å². The summed E-state index contributed by atoms with van der Waals surface area (Å²) in [7, 11) is 0. The fraction of sp³-hybridized carbons (Fsp3) is 0.353. The number of allylic oxidation sites excluding steroid dienone is 2. The molecule has 8 heteroatoms. The van der Waals surface area contributed by atoms with Crippen molar-refractivity contribution in [3.05, 3.63) is 46.5 Å². The van der Waals surface area contributed by atoms with Crippen molar-refractivity contribution in [3.8, 4) is 0 Å². The predicted molar refractivity (Wildman–Crippen MR) is 88.4 cm³/mol. The monoisotopic (exact) mass is 343 g/mol. The molecule has 1 fully saturated rings. The second-order valence-electron chi connectivity index (χ2n) is 6.06. The second kappa shape index (κ2) is 6.84. The van der Waals surface area contributed by atoms with Crippen LogP contribution in [0.25, 0.3) is 0 Å². The maximum absolute atomic E-state index is 12.3. The third-order valence-corrected chi connectivity index (χ3v) is 4.54. The number of nitrogens with zero attached hydrogens (tertiary/aromatic N) is 2. The molecular formula is C17H17N3O5. The lowest BCUT2D eigenvalue weighted by molar-refractivity contribution is -0.383. The molecule has 0 saturated carbocycles. The first-order valence-corrected chi connectivity index (χ1v) is 8.02. The standard InChI is InChI=1S/C17H17N3O5/c21-15(18-13-7-3-4-8-14(13)20(24)25)9-10-19-16(22)11-5-1-2-6-12(11)17(19)23/h1-4,7-8,11-12H,5-6,9-10H2,(H,18,21)/t11-,12-/m1/s1. The highest BCUT2D eigenvalue weighted by atomic mass is 16.6. The van der Waals surface area contributed by atoms with Crippen LogP contribution in [0.15, 0.2) is 36.4 Å². The summed E-state index contributed by atoms with van der Waals surface area (Å²) in [5, 5.41) is 13.4. The molecular weight excluding hydrogens is 326 g/mol. The molecule has 2 aliphatic rings. The van der Waals surface area contributed by atoms with Crippen LogP contribution in [0.5, 0.6) is 0 Å². The summed E-state index contributed by atoms with van der Waals surface area (Å²) in [5.74, 6) is -1.61. The van der Waals surface area contributed by atoms with E-state index in [0.717, 1.165) is 4.90 Å². The van der Waals surface area contributed by atoms with E-state index in [0.29, 0.717) is 12.8 Å². The van der Waals surface area contributed by atoms with Crippen LogP contribution in [0, 0.1) is 22.0 Å². The summed E-state index contributed by atoms with van der Waals surface area (Å²) < 4.78 is 0. The molecule has 2 atom stereocenters. The van der Waals surface area contributed by atoms with Crippen LogP contribution >= 0.6 is 0 Å². The summed E-state index contributed by atoms with van der Waals surface area (Å²) in [5.41, 5.74) is -0.115. The molecule has 25 heavy (non-hydrogen) atoms. The zero-order valence-electron chi connectivity index (χ0n) is 13.4. The van der Waals surface area contributed by atoms with Crippen LogP contribution < -0.4 is 5.32 Å². The van der Waals surface area contributed by atoms with Gasteiger partial charge in [0.05, 0.1) is 16.8 Å².